The van der Waals surface area contributed by atoms with Crippen LogP contribution in [0.1, 0.15) is 16.9 Å². The van der Waals surface area contributed by atoms with Crippen molar-refractivity contribution < 1.29 is 23.1 Å². The minimum Gasteiger partial charge on any atom is -0.497 e. The number of carbonyl (C=O) groups is 1. The molecule has 3 aromatic carbocycles. The number of rotatable bonds is 8. The number of H-pyrrole nitrogens is 1. The zero-order chi connectivity index (χ0) is 27.8. The second-order valence-corrected chi connectivity index (χ2v) is 9.72. The Balaban J connectivity index is 1.28. The van der Waals surface area contributed by atoms with Gasteiger partial charge in [-0.2, -0.15) is 0 Å². The molecule has 0 bridgehead atoms. The van der Waals surface area contributed by atoms with Crippen molar-refractivity contribution in [3.8, 4) is 22.8 Å². The Kier molecular flexibility index (Phi) is 6.51. The van der Waals surface area contributed by atoms with Gasteiger partial charge in [0.15, 0.2) is 0 Å². The summed E-state index contributed by atoms with van der Waals surface area (Å²) in [6, 6.07) is 19.2. The molecule has 0 aliphatic heterocycles. The third-order valence-electron chi connectivity index (χ3n) is 7.16. The SMILES string of the molecule is COc1ccc2cc(-c3oc4cc(C)oc(=O)c4c3CC(=O)NCCc3c[nH]c4ccc(OC)cc34)ccc2c1. The number of carbonyl (C=O) groups excluding carboxylic acids is 1. The predicted molar refractivity (Wildman–Crippen MR) is 154 cm³/mol. The summed E-state index contributed by atoms with van der Waals surface area (Å²) in [5.41, 5.74) is 3.23. The number of methoxy groups -OCH3 is 2. The first-order chi connectivity index (χ1) is 19.4. The molecule has 8 heteroatoms. The summed E-state index contributed by atoms with van der Waals surface area (Å²) in [6.07, 6.45) is 2.55. The summed E-state index contributed by atoms with van der Waals surface area (Å²) in [6.45, 7) is 2.12. The number of furan rings is 1. The molecule has 6 rings (SSSR count). The fourth-order valence-corrected chi connectivity index (χ4v) is 5.17. The summed E-state index contributed by atoms with van der Waals surface area (Å²) in [4.78, 5) is 29.3. The number of nitrogens with one attached hydrogen (secondary N) is 2. The van der Waals surface area contributed by atoms with Crippen LogP contribution in [0.5, 0.6) is 11.5 Å². The van der Waals surface area contributed by atoms with Gasteiger partial charge in [0.1, 0.15) is 34.0 Å². The van der Waals surface area contributed by atoms with Crippen molar-refractivity contribution >= 4 is 38.6 Å². The Bertz CT molecular complexity index is 1940. The van der Waals surface area contributed by atoms with Gasteiger partial charge in [-0.3, -0.25) is 4.79 Å². The third kappa shape index (κ3) is 4.68. The highest BCUT2D eigenvalue weighted by molar-refractivity contribution is 5.95. The molecular formula is C32H28N2O6. The topological polar surface area (TPSA) is 107 Å². The lowest BCUT2D eigenvalue weighted by atomic mass is 10.0. The standard InChI is InChI=1S/C32H28N2O6/c1-18-12-28-30(32(36)39-18)26(31(40-28)21-5-4-20-14-23(37-2)7-6-19(20)13-21)16-29(35)33-11-10-22-17-34-27-9-8-24(38-3)15-25(22)27/h4-9,12-15,17,34H,10-11,16H2,1-3H3,(H,33,35). The summed E-state index contributed by atoms with van der Waals surface area (Å²) in [5, 5.41) is 6.32. The normalized spacial score (nSPS) is 11.4. The van der Waals surface area contributed by atoms with Crippen molar-refractivity contribution in [3.05, 3.63) is 94.2 Å². The van der Waals surface area contributed by atoms with Gasteiger partial charge in [0.25, 0.3) is 0 Å². The number of amides is 1. The Morgan fingerprint density at radius 2 is 1.68 bits per heavy atom. The van der Waals surface area contributed by atoms with E-state index in [2.05, 4.69) is 10.3 Å². The van der Waals surface area contributed by atoms with Gasteiger partial charge in [-0.05, 0) is 66.1 Å². The van der Waals surface area contributed by atoms with E-state index in [0.29, 0.717) is 35.6 Å². The number of hydrogen-bond acceptors (Lipinski definition) is 6. The highest BCUT2D eigenvalue weighted by Crippen LogP contribution is 2.35. The highest BCUT2D eigenvalue weighted by atomic mass is 16.5. The van der Waals surface area contributed by atoms with Crippen molar-refractivity contribution in [2.45, 2.75) is 19.8 Å². The Morgan fingerprint density at radius 3 is 2.50 bits per heavy atom. The van der Waals surface area contributed by atoms with Crippen LogP contribution in [-0.4, -0.2) is 31.7 Å². The lowest BCUT2D eigenvalue weighted by molar-refractivity contribution is -0.120. The van der Waals surface area contributed by atoms with E-state index in [0.717, 1.165) is 44.3 Å². The molecule has 3 aromatic heterocycles. The van der Waals surface area contributed by atoms with Crippen LogP contribution in [0.2, 0.25) is 0 Å². The van der Waals surface area contributed by atoms with E-state index in [1.165, 1.54) is 0 Å². The van der Waals surface area contributed by atoms with Gasteiger partial charge in [0.05, 0.1) is 20.6 Å². The molecule has 0 spiro atoms. The number of fused-ring (bicyclic) bond motifs is 3. The first kappa shape index (κ1) is 25.3. The fraction of sp³-hybridized carbons (Fsp3) is 0.188. The fourth-order valence-electron chi connectivity index (χ4n) is 5.17. The average Bonchev–Trinajstić information content (AvgIpc) is 3.53. The first-order valence-electron chi connectivity index (χ1n) is 13.0. The summed E-state index contributed by atoms with van der Waals surface area (Å²) < 4.78 is 22.3. The summed E-state index contributed by atoms with van der Waals surface area (Å²) in [5.74, 6) is 2.24. The van der Waals surface area contributed by atoms with Gasteiger partial charge in [-0.15, -0.1) is 0 Å². The molecule has 1 amide bonds. The Labute approximate surface area is 229 Å². The molecule has 0 aliphatic carbocycles. The van der Waals surface area contributed by atoms with Crippen LogP contribution in [0.3, 0.4) is 0 Å². The minimum absolute atomic E-state index is 0.0293. The third-order valence-corrected chi connectivity index (χ3v) is 7.16. The molecule has 0 unspecified atom stereocenters. The molecule has 8 nitrogen and oxygen atoms in total. The molecule has 202 valence electrons. The van der Waals surface area contributed by atoms with Crippen molar-refractivity contribution in [2.24, 2.45) is 0 Å². The van der Waals surface area contributed by atoms with Gasteiger partial charge in [0.2, 0.25) is 5.91 Å². The second kappa shape index (κ2) is 10.3. The summed E-state index contributed by atoms with van der Waals surface area (Å²) >= 11 is 0. The minimum atomic E-state index is -0.522. The van der Waals surface area contributed by atoms with Crippen LogP contribution >= 0.6 is 0 Å². The van der Waals surface area contributed by atoms with E-state index in [4.69, 9.17) is 18.3 Å². The second-order valence-electron chi connectivity index (χ2n) is 9.72. The predicted octanol–water partition coefficient (Wildman–Crippen LogP) is 5.91. The zero-order valence-electron chi connectivity index (χ0n) is 22.4. The lowest BCUT2D eigenvalue weighted by Crippen LogP contribution is -2.27. The van der Waals surface area contributed by atoms with Crippen LogP contribution in [0, 0.1) is 6.92 Å². The smallest absolute Gasteiger partial charge is 0.347 e. The average molecular weight is 537 g/mol. The van der Waals surface area contributed by atoms with Crippen molar-refractivity contribution in [2.75, 3.05) is 20.8 Å². The maximum atomic E-state index is 13.2. The molecule has 0 atom stereocenters. The number of benzene rings is 3. The summed E-state index contributed by atoms with van der Waals surface area (Å²) in [7, 11) is 3.27. The quantitative estimate of drug-likeness (QED) is 0.250. The van der Waals surface area contributed by atoms with Crippen molar-refractivity contribution in [3.63, 3.8) is 0 Å². The number of ether oxygens (including phenoxy) is 2. The van der Waals surface area contributed by atoms with Crippen molar-refractivity contribution in [1.29, 1.82) is 0 Å². The van der Waals surface area contributed by atoms with E-state index in [1.807, 2.05) is 60.8 Å². The zero-order valence-corrected chi connectivity index (χ0v) is 22.4. The maximum absolute atomic E-state index is 13.2. The number of aryl methyl sites for hydroxylation is 1. The largest absolute Gasteiger partial charge is 0.497 e. The molecule has 40 heavy (non-hydrogen) atoms. The molecule has 0 saturated carbocycles. The highest BCUT2D eigenvalue weighted by Gasteiger charge is 2.22. The molecule has 0 fully saturated rings. The van der Waals surface area contributed by atoms with Gasteiger partial charge in [-0.25, -0.2) is 4.79 Å². The van der Waals surface area contributed by atoms with Crippen LogP contribution < -0.4 is 20.4 Å². The lowest BCUT2D eigenvalue weighted by Gasteiger charge is -2.08. The van der Waals surface area contributed by atoms with Gasteiger partial charge >= 0.3 is 5.63 Å². The van der Waals surface area contributed by atoms with E-state index < -0.39 is 5.63 Å². The van der Waals surface area contributed by atoms with E-state index in [-0.39, 0.29) is 17.7 Å². The van der Waals surface area contributed by atoms with Crippen LogP contribution in [-0.2, 0) is 17.6 Å². The van der Waals surface area contributed by atoms with E-state index >= 15 is 0 Å². The number of aromatic amines is 1. The molecule has 0 radical (unpaired) electrons. The molecular weight excluding hydrogens is 508 g/mol. The Hall–Kier alpha value is -4.98. The molecule has 3 heterocycles. The maximum Gasteiger partial charge on any atom is 0.347 e. The van der Waals surface area contributed by atoms with E-state index in [9.17, 15) is 9.59 Å². The Morgan fingerprint density at radius 1 is 0.925 bits per heavy atom. The van der Waals surface area contributed by atoms with Gasteiger partial charge < -0.3 is 28.6 Å². The number of aromatic nitrogens is 1. The van der Waals surface area contributed by atoms with E-state index in [1.54, 1.807) is 27.2 Å². The molecule has 0 aliphatic rings. The van der Waals surface area contributed by atoms with Crippen molar-refractivity contribution in [1.82, 2.24) is 10.3 Å². The van der Waals surface area contributed by atoms with Gasteiger partial charge in [0, 0.05) is 40.8 Å². The number of hydrogen-bond donors (Lipinski definition) is 2. The van der Waals surface area contributed by atoms with Crippen LogP contribution in [0.25, 0.3) is 44.0 Å². The van der Waals surface area contributed by atoms with Crippen LogP contribution in [0.15, 0.2) is 80.5 Å². The molecule has 2 N–H and O–H groups in total. The molecule has 6 aromatic rings. The van der Waals surface area contributed by atoms with Gasteiger partial charge in [-0.1, -0.05) is 18.2 Å². The monoisotopic (exact) mass is 536 g/mol. The van der Waals surface area contributed by atoms with Crippen LogP contribution in [0.4, 0.5) is 0 Å². The molecule has 0 saturated heterocycles. The first-order valence-corrected chi connectivity index (χ1v) is 13.0.